The van der Waals surface area contributed by atoms with Gasteiger partial charge in [-0.1, -0.05) is 6.07 Å². The van der Waals surface area contributed by atoms with Crippen LogP contribution in [0.3, 0.4) is 0 Å². The van der Waals surface area contributed by atoms with Gasteiger partial charge in [0.2, 0.25) is 0 Å². The first-order valence-corrected chi connectivity index (χ1v) is 7.71. The van der Waals surface area contributed by atoms with Crippen LogP contribution in [0.4, 0.5) is 10.5 Å². The Morgan fingerprint density at radius 2 is 2.04 bits per heavy atom. The molecule has 1 aliphatic rings. The van der Waals surface area contributed by atoms with Gasteiger partial charge in [-0.05, 0) is 56.9 Å². The number of aryl methyl sites for hydroxylation is 1. The highest BCUT2D eigenvalue weighted by Crippen LogP contribution is 2.32. The van der Waals surface area contributed by atoms with E-state index in [1.165, 1.54) is 12.7 Å². The predicted molar refractivity (Wildman–Crippen MR) is 87.4 cm³/mol. The van der Waals surface area contributed by atoms with Crippen LogP contribution in [0.1, 0.15) is 44.4 Å². The highest BCUT2D eigenvalue weighted by molar-refractivity contribution is 5.85. The summed E-state index contributed by atoms with van der Waals surface area (Å²) >= 11 is 0. The summed E-state index contributed by atoms with van der Waals surface area (Å²) in [5, 5.41) is 5.94. The molecule has 126 valence electrons. The van der Waals surface area contributed by atoms with Crippen LogP contribution in [-0.4, -0.2) is 31.3 Å². The summed E-state index contributed by atoms with van der Waals surface area (Å²) in [6.45, 7) is 5.67. The maximum Gasteiger partial charge on any atom is 0.412 e. The normalized spacial score (nSPS) is 16.6. The second-order valence-corrected chi connectivity index (χ2v) is 6.59. The van der Waals surface area contributed by atoms with Gasteiger partial charge in [0.1, 0.15) is 5.60 Å². The first kappa shape index (κ1) is 17.3. The molecule has 0 saturated heterocycles. The number of amides is 1. The number of hydrogen-bond acceptors (Lipinski definition) is 5. The number of anilines is 1. The number of hydrogen-bond donors (Lipinski definition) is 2. The first-order valence-electron chi connectivity index (χ1n) is 7.71. The van der Waals surface area contributed by atoms with Crippen molar-refractivity contribution < 1.29 is 19.1 Å². The third kappa shape index (κ3) is 4.96. The number of methoxy groups -OCH3 is 1. The lowest BCUT2D eigenvalue weighted by molar-refractivity contribution is -0.139. The minimum atomic E-state index is -0.524. The molecule has 1 unspecified atom stereocenters. The van der Waals surface area contributed by atoms with Crippen molar-refractivity contribution in [3.63, 3.8) is 0 Å². The van der Waals surface area contributed by atoms with E-state index in [-0.39, 0.29) is 18.6 Å². The fraction of sp³-hybridized carbons (Fsp3) is 0.529. The number of fused-ring (bicyclic) bond motifs is 1. The molecule has 6 nitrogen and oxygen atoms in total. The summed E-state index contributed by atoms with van der Waals surface area (Å²) in [5.41, 5.74) is 2.51. The van der Waals surface area contributed by atoms with Crippen molar-refractivity contribution in [1.29, 1.82) is 0 Å². The number of rotatable bonds is 4. The summed E-state index contributed by atoms with van der Waals surface area (Å²) in [4.78, 5) is 23.0. The van der Waals surface area contributed by atoms with E-state index in [9.17, 15) is 9.59 Å². The Morgan fingerprint density at radius 3 is 2.70 bits per heavy atom. The Hall–Kier alpha value is -2.08. The van der Waals surface area contributed by atoms with Gasteiger partial charge < -0.3 is 14.8 Å². The number of carbonyl (C=O) groups excluding carboxylic acids is 2. The summed E-state index contributed by atoms with van der Waals surface area (Å²) in [6, 6.07) is 5.92. The zero-order chi connectivity index (χ0) is 17.0. The Labute approximate surface area is 136 Å². The second-order valence-electron chi connectivity index (χ2n) is 6.59. The molecule has 1 amide bonds. The van der Waals surface area contributed by atoms with Gasteiger partial charge in [0.05, 0.1) is 13.7 Å². The Kier molecular flexibility index (Phi) is 5.26. The van der Waals surface area contributed by atoms with Crippen molar-refractivity contribution in [2.75, 3.05) is 19.0 Å². The Morgan fingerprint density at radius 1 is 1.30 bits per heavy atom. The van der Waals surface area contributed by atoms with Crippen LogP contribution in [0.5, 0.6) is 0 Å². The monoisotopic (exact) mass is 320 g/mol. The van der Waals surface area contributed by atoms with Crippen LogP contribution in [0, 0.1) is 0 Å². The van der Waals surface area contributed by atoms with E-state index in [0.717, 1.165) is 18.4 Å². The van der Waals surface area contributed by atoms with Crippen LogP contribution in [-0.2, 0) is 20.7 Å². The molecule has 1 atom stereocenters. The third-order valence-electron chi connectivity index (χ3n) is 3.59. The minimum absolute atomic E-state index is 0.139. The summed E-state index contributed by atoms with van der Waals surface area (Å²) in [5.74, 6) is -0.276. The van der Waals surface area contributed by atoms with Gasteiger partial charge in [0, 0.05) is 11.7 Å². The van der Waals surface area contributed by atoms with Crippen LogP contribution < -0.4 is 10.6 Å². The van der Waals surface area contributed by atoms with Crippen LogP contribution >= 0.6 is 0 Å². The largest absolute Gasteiger partial charge is 0.468 e. The zero-order valence-corrected chi connectivity index (χ0v) is 14.1. The predicted octanol–water partition coefficient (Wildman–Crippen LogP) is 2.78. The fourth-order valence-corrected chi connectivity index (χ4v) is 2.61. The van der Waals surface area contributed by atoms with Gasteiger partial charge in [0.25, 0.3) is 0 Å². The molecule has 1 aromatic carbocycles. The van der Waals surface area contributed by atoms with Crippen molar-refractivity contribution in [1.82, 2.24) is 5.32 Å². The lowest BCUT2D eigenvalue weighted by Crippen LogP contribution is -2.27. The topological polar surface area (TPSA) is 76.7 Å². The molecular formula is C17H24N2O4. The Bertz CT molecular complexity index is 593. The summed E-state index contributed by atoms with van der Waals surface area (Å²) < 4.78 is 9.88. The molecule has 1 aromatic rings. The van der Waals surface area contributed by atoms with E-state index in [0.29, 0.717) is 5.69 Å². The number of carbonyl (C=O) groups is 2. The molecule has 0 radical (unpaired) electrons. The van der Waals surface area contributed by atoms with E-state index in [1.54, 1.807) is 0 Å². The van der Waals surface area contributed by atoms with Crippen molar-refractivity contribution in [2.45, 2.75) is 45.3 Å². The highest BCUT2D eigenvalue weighted by Gasteiger charge is 2.23. The van der Waals surface area contributed by atoms with Crippen LogP contribution in [0.25, 0.3) is 0 Å². The van der Waals surface area contributed by atoms with Gasteiger partial charge in [-0.25, -0.2) is 4.79 Å². The maximum absolute atomic E-state index is 11.8. The third-order valence-corrected chi connectivity index (χ3v) is 3.59. The lowest BCUT2D eigenvalue weighted by Gasteiger charge is -2.20. The maximum atomic E-state index is 11.8. The minimum Gasteiger partial charge on any atom is -0.468 e. The smallest absolute Gasteiger partial charge is 0.412 e. The molecule has 0 heterocycles. The summed E-state index contributed by atoms with van der Waals surface area (Å²) in [6.07, 6.45) is 1.36. The molecule has 1 aliphatic carbocycles. The molecule has 0 fully saturated rings. The standard InChI is InChI=1S/C17H24N2O4/c1-17(2,3)23-16(21)19-12-6-7-13-11(9-12)5-8-14(13)18-10-15(20)22-4/h6-7,9,14,18H,5,8,10H2,1-4H3,(H,19,21). The average molecular weight is 320 g/mol. The lowest BCUT2D eigenvalue weighted by atomic mass is 10.1. The second kappa shape index (κ2) is 7.00. The molecule has 0 aromatic heterocycles. The molecule has 2 rings (SSSR count). The number of ether oxygens (including phenoxy) is 2. The van der Waals surface area contributed by atoms with E-state index >= 15 is 0 Å². The highest BCUT2D eigenvalue weighted by atomic mass is 16.6. The van der Waals surface area contributed by atoms with E-state index in [4.69, 9.17) is 4.74 Å². The zero-order valence-electron chi connectivity index (χ0n) is 14.1. The van der Waals surface area contributed by atoms with Crippen LogP contribution in [0.15, 0.2) is 18.2 Å². The van der Waals surface area contributed by atoms with Crippen molar-refractivity contribution in [2.24, 2.45) is 0 Å². The molecule has 2 N–H and O–H groups in total. The number of esters is 1. The van der Waals surface area contributed by atoms with E-state index < -0.39 is 11.7 Å². The van der Waals surface area contributed by atoms with Crippen molar-refractivity contribution >= 4 is 17.7 Å². The van der Waals surface area contributed by atoms with Gasteiger partial charge in [0.15, 0.2) is 0 Å². The molecule has 23 heavy (non-hydrogen) atoms. The number of benzene rings is 1. The quantitative estimate of drug-likeness (QED) is 0.834. The molecule has 0 saturated carbocycles. The van der Waals surface area contributed by atoms with Gasteiger partial charge in [-0.3, -0.25) is 10.1 Å². The Balaban J connectivity index is 1.98. The first-order chi connectivity index (χ1) is 10.8. The van der Waals surface area contributed by atoms with Gasteiger partial charge in [-0.15, -0.1) is 0 Å². The fourth-order valence-electron chi connectivity index (χ4n) is 2.61. The van der Waals surface area contributed by atoms with E-state index in [2.05, 4.69) is 15.4 Å². The van der Waals surface area contributed by atoms with Crippen molar-refractivity contribution in [3.05, 3.63) is 29.3 Å². The SMILES string of the molecule is COC(=O)CNC1CCc2cc(NC(=O)OC(C)(C)C)ccc21. The van der Waals surface area contributed by atoms with Crippen LogP contribution in [0.2, 0.25) is 0 Å². The molecule has 6 heteroatoms. The molecule has 0 spiro atoms. The summed E-state index contributed by atoms with van der Waals surface area (Å²) in [7, 11) is 1.38. The van der Waals surface area contributed by atoms with Crippen molar-refractivity contribution in [3.8, 4) is 0 Å². The van der Waals surface area contributed by atoms with Gasteiger partial charge in [-0.2, -0.15) is 0 Å². The number of nitrogens with one attached hydrogen (secondary N) is 2. The van der Waals surface area contributed by atoms with Gasteiger partial charge >= 0.3 is 12.1 Å². The van der Waals surface area contributed by atoms with E-state index in [1.807, 2.05) is 39.0 Å². The average Bonchev–Trinajstić information content (AvgIpc) is 2.85. The molecular weight excluding hydrogens is 296 g/mol. The molecule has 0 aliphatic heterocycles. The molecule has 0 bridgehead atoms.